The fourth-order valence-corrected chi connectivity index (χ4v) is 14.6. The molecule has 6 rings (SSSR count). The van der Waals surface area contributed by atoms with E-state index in [9.17, 15) is 13.2 Å². The van der Waals surface area contributed by atoms with Crippen LogP contribution in [-0.4, -0.2) is 65.7 Å². The summed E-state index contributed by atoms with van der Waals surface area (Å²) in [6.45, 7) is 28.8. The summed E-state index contributed by atoms with van der Waals surface area (Å²) in [5.41, 5.74) is 0.644. The lowest BCUT2D eigenvalue weighted by Crippen LogP contribution is -2.70. The standard InChI is InChI=1S/C48H77NO7S/c1-14-15-26-55-42(50)40-43(8,34(7)31(2)3)24-25-45(10)36-20-21-39-44(9)28-54-30-48(39,37(36)22-23-46(40,45)11)27-38(53-13)41(44)56-29-47(12,32(4)5)49-57(51,52)35-18-16-33(6)17-19-35/h16-19,22,31-32,34,36,38-41,49H,14-15,20-21,23-30H2,1-13H3/t34-,36+,38-,39+,40-,41+,43-,44+,45-,46+,47+,48+/m1/s1. The first kappa shape index (κ1) is 44.8. The summed E-state index contributed by atoms with van der Waals surface area (Å²) in [6.07, 6.45) is 9.85. The number of hydrogen-bond acceptors (Lipinski definition) is 7. The summed E-state index contributed by atoms with van der Waals surface area (Å²) in [7, 11) is -1.99. The van der Waals surface area contributed by atoms with Gasteiger partial charge in [-0.2, -0.15) is 0 Å². The van der Waals surface area contributed by atoms with Crippen LogP contribution in [0.15, 0.2) is 40.8 Å². The molecular weight excluding hydrogens is 735 g/mol. The second-order valence-electron chi connectivity index (χ2n) is 21.2. The van der Waals surface area contributed by atoms with Crippen LogP contribution in [0.2, 0.25) is 0 Å². The largest absolute Gasteiger partial charge is 0.465 e. The van der Waals surface area contributed by atoms with Crippen LogP contribution < -0.4 is 4.72 Å². The van der Waals surface area contributed by atoms with E-state index in [-0.39, 0.29) is 68.6 Å². The fourth-order valence-electron chi connectivity index (χ4n) is 13.1. The average Bonchev–Trinajstić information content (AvgIpc) is 3.14. The molecule has 57 heavy (non-hydrogen) atoms. The Kier molecular flexibility index (Phi) is 12.5. The SMILES string of the molecule is CCCCOC(=O)[C@@H]1[C@@](C)([C@H](C)C(C)C)CC[C@]2(C)[C@H]3CC[C@@H]4[C@@]5(COC[C@]4(C)[C@@H](OC[C@](C)(NS(=O)(=O)c4ccc(C)cc4)C(C)C)[C@H](OC)C5)C3=CC[C@@]12C. The molecule has 3 saturated carbocycles. The van der Waals surface area contributed by atoms with Crippen molar-refractivity contribution >= 4 is 16.0 Å². The minimum atomic E-state index is -3.79. The van der Waals surface area contributed by atoms with Gasteiger partial charge in [-0.25, -0.2) is 13.1 Å². The molecule has 0 radical (unpaired) electrons. The molecule has 1 aliphatic heterocycles. The van der Waals surface area contributed by atoms with Crippen molar-refractivity contribution in [2.24, 2.45) is 62.6 Å². The number of unbranched alkanes of at least 4 members (excludes halogenated alkanes) is 1. The molecule has 0 unspecified atom stereocenters. The van der Waals surface area contributed by atoms with Crippen molar-refractivity contribution in [2.75, 3.05) is 33.5 Å². The van der Waals surface area contributed by atoms with E-state index >= 15 is 0 Å². The van der Waals surface area contributed by atoms with Crippen LogP contribution in [0.4, 0.5) is 0 Å². The molecule has 0 spiro atoms. The third-order valence-electron chi connectivity index (χ3n) is 17.6. The number of aryl methyl sites for hydroxylation is 1. The normalized spacial score (nSPS) is 39.4. The molecule has 5 aliphatic rings. The predicted octanol–water partition coefficient (Wildman–Crippen LogP) is 9.94. The highest BCUT2D eigenvalue weighted by molar-refractivity contribution is 7.89. The lowest BCUT2D eigenvalue weighted by molar-refractivity contribution is -0.270. The molecule has 1 N–H and O–H groups in total. The number of benzene rings is 1. The summed E-state index contributed by atoms with van der Waals surface area (Å²) in [5, 5.41) is 0. The van der Waals surface area contributed by atoms with Gasteiger partial charge in [0.2, 0.25) is 10.0 Å². The van der Waals surface area contributed by atoms with E-state index in [4.69, 9.17) is 18.9 Å². The van der Waals surface area contributed by atoms with Crippen LogP contribution in [-0.2, 0) is 33.8 Å². The van der Waals surface area contributed by atoms with E-state index in [1.165, 1.54) is 5.57 Å². The van der Waals surface area contributed by atoms with Gasteiger partial charge in [0.1, 0.15) is 0 Å². The summed E-state index contributed by atoms with van der Waals surface area (Å²) < 4.78 is 56.9. The highest BCUT2D eigenvalue weighted by Crippen LogP contribution is 2.75. The maximum Gasteiger partial charge on any atom is 0.310 e. The Balaban J connectivity index is 1.33. The van der Waals surface area contributed by atoms with Crippen molar-refractivity contribution in [1.29, 1.82) is 0 Å². The first-order valence-corrected chi connectivity index (χ1v) is 23.8. The molecule has 2 bridgehead atoms. The number of carbonyl (C=O) groups excluding carboxylic acids is 1. The number of fused-ring (bicyclic) bond motifs is 3. The number of carbonyl (C=O) groups is 1. The number of nitrogens with one attached hydrogen (secondary N) is 1. The van der Waals surface area contributed by atoms with Crippen LogP contribution in [0.1, 0.15) is 133 Å². The average molecular weight is 812 g/mol. The van der Waals surface area contributed by atoms with Gasteiger partial charge in [-0.3, -0.25) is 4.79 Å². The topological polar surface area (TPSA) is 100 Å². The van der Waals surface area contributed by atoms with Gasteiger partial charge in [-0.1, -0.05) is 105 Å². The summed E-state index contributed by atoms with van der Waals surface area (Å²) in [6, 6.07) is 6.99. The van der Waals surface area contributed by atoms with Crippen LogP contribution >= 0.6 is 0 Å². The van der Waals surface area contributed by atoms with E-state index in [1.54, 1.807) is 19.2 Å². The quantitative estimate of drug-likeness (QED) is 0.113. The zero-order valence-corrected chi connectivity index (χ0v) is 38.6. The van der Waals surface area contributed by atoms with Gasteiger partial charge in [0.05, 0.1) is 55.0 Å². The van der Waals surface area contributed by atoms with Crippen molar-refractivity contribution in [1.82, 2.24) is 4.72 Å². The second-order valence-corrected chi connectivity index (χ2v) is 22.9. The molecule has 4 fully saturated rings. The van der Waals surface area contributed by atoms with Gasteiger partial charge in [0, 0.05) is 17.9 Å². The smallest absolute Gasteiger partial charge is 0.310 e. The zero-order valence-electron chi connectivity index (χ0n) is 37.8. The Labute approximate surface area is 346 Å². The number of methoxy groups -OCH3 is 1. The zero-order chi connectivity index (χ0) is 42.0. The van der Waals surface area contributed by atoms with Gasteiger partial charge < -0.3 is 18.9 Å². The van der Waals surface area contributed by atoms with E-state index in [0.717, 1.165) is 56.9 Å². The second kappa shape index (κ2) is 15.9. The molecular formula is C48H77NO7S. The molecule has 0 aromatic heterocycles. The van der Waals surface area contributed by atoms with Crippen LogP contribution in [0, 0.1) is 69.5 Å². The number of esters is 1. The van der Waals surface area contributed by atoms with Crippen LogP contribution in [0.25, 0.3) is 0 Å². The number of rotatable bonds is 14. The van der Waals surface area contributed by atoms with Crippen LogP contribution in [0.3, 0.4) is 0 Å². The lowest BCUT2D eigenvalue weighted by atomic mass is 9.34. The number of ether oxygens (including phenoxy) is 4. The molecule has 1 aromatic rings. The number of sulfonamides is 1. The molecule has 8 nitrogen and oxygen atoms in total. The Bertz CT molecular complexity index is 1760. The molecule has 1 saturated heterocycles. The van der Waals surface area contributed by atoms with Gasteiger partial charge in [-0.05, 0) is 117 Å². The maximum absolute atomic E-state index is 14.5. The van der Waals surface area contributed by atoms with E-state index in [0.29, 0.717) is 43.5 Å². The van der Waals surface area contributed by atoms with Gasteiger partial charge in [0.15, 0.2) is 0 Å². The van der Waals surface area contributed by atoms with Gasteiger partial charge in [-0.15, -0.1) is 0 Å². The minimum Gasteiger partial charge on any atom is -0.465 e. The monoisotopic (exact) mass is 812 g/mol. The molecule has 12 atom stereocenters. The van der Waals surface area contributed by atoms with Gasteiger partial charge >= 0.3 is 5.97 Å². The molecule has 1 aromatic carbocycles. The lowest BCUT2D eigenvalue weighted by Gasteiger charge is -2.71. The van der Waals surface area contributed by atoms with E-state index < -0.39 is 15.6 Å². The molecule has 1 heterocycles. The van der Waals surface area contributed by atoms with Gasteiger partial charge in [0.25, 0.3) is 0 Å². The van der Waals surface area contributed by atoms with Crippen molar-refractivity contribution in [2.45, 2.75) is 157 Å². The Morgan fingerprint density at radius 2 is 1.68 bits per heavy atom. The predicted molar refractivity (Wildman–Crippen MR) is 227 cm³/mol. The van der Waals surface area contributed by atoms with E-state index in [2.05, 4.69) is 66.2 Å². The first-order chi connectivity index (χ1) is 26.6. The van der Waals surface area contributed by atoms with E-state index in [1.807, 2.05) is 39.8 Å². The third-order valence-corrected chi connectivity index (χ3v) is 19.3. The molecule has 0 amide bonds. The third kappa shape index (κ3) is 7.21. The molecule has 322 valence electrons. The highest BCUT2D eigenvalue weighted by Gasteiger charge is 2.72. The molecule has 4 aliphatic carbocycles. The summed E-state index contributed by atoms with van der Waals surface area (Å²) in [5.74, 6) is 1.28. The van der Waals surface area contributed by atoms with Crippen molar-refractivity contribution in [3.63, 3.8) is 0 Å². The fraction of sp³-hybridized carbons (Fsp3) is 0.812. The Hall–Kier alpha value is -1.78. The minimum absolute atomic E-state index is 0.0100. The Morgan fingerprint density at radius 3 is 2.30 bits per heavy atom. The molecule has 9 heteroatoms. The highest BCUT2D eigenvalue weighted by atomic mass is 32.2. The van der Waals surface area contributed by atoms with Crippen molar-refractivity contribution in [3.05, 3.63) is 41.5 Å². The summed E-state index contributed by atoms with van der Waals surface area (Å²) >= 11 is 0. The number of allylic oxidation sites excluding steroid dienone is 1. The summed E-state index contributed by atoms with van der Waals surface area (Å²) in [4.78, 5) is 14.8. The first-order valence-electron chi connectivity index (χ1n) is 22.3. The number of hydrogen-bond donors (Lipinski definition) is 1. The maximum atomic E-state index is 14.5. The van der Waals surface area contributed by atoms with Crippen LogP contribution in [0.5, 0.6) is 0 Å². The van der Waals surface area contributed by atoms with Crippen molar-refractivity contribution < 1.29 is 32.2 Å². The van der Waals surface area contributed by atoms with Crippen molar-refractivity contribution in [3.8, 4) is 0 Å². The Morgan fingerprint density at radius 1 is 1.00 bits per heavy atom.